The van der Waals surface area contributed by atoms with E-state index in [1.807, 2.05) is 29.0 Å². The predicted molar refractivity (Wildman–Crippen MR) is 73.9 cm³/mol. The van der Waals surface area contributed by atoms with Gasteiger partial charge in [0.2, 0.25) is 5.91 Å². The van der Waals surface area contributed by atoms with Gasteiger partial charge in [0, 0.05) is 0 Å². The molecule has 0 saturated heterocycles. The highest BCUT2D eigenvalue weighted by atomic mass is 32.1. The lowest BCUT2D eigenvalue weighted by molar-refractivity contribution is -0.139. The summed E-state index contributed by atoms with van der Waals surface area (Å²) < 4.78 is 0. The SMILES string of the molecule is NC(=O)C(CC(=O)O)c1ccc(-c2ccsc2)cc1. The predicted octanol–water partition coefficient (Wildman–Crippen LogP) is 2.46. The summed E-state index contributed by atoms with van der Waals surface area (Å²) in [5.74, 6) is -2.44. The summed E-state index contributed by atoms with van der Waals surface area (Å²) in [7, 11) is 0. The summed E-state index contributed by atoms with van der Waals surface area (Å²) in [4.78, 5) is 22.0. The largest absolute Gasteiger partial charge is 0.481 e. The Balaban J connectivity index is 2.25. The van der Waals surface area contributed by atoms with Gasteiger partial charge >= 0.3 is 5.97 Å². The lowest BCUT2D eigenvalue weighted by atomic mass is 9.93. The Bertz CT molecular complexity index is 575. The second-order valence-electron chi connectivity index (χ2n) is 4.19. The highest BCUT2D eigenvalue weighted by molar-refractivity contribution is 7.08. The molecule has 2 aromatic rings. The minimum Gasteiger partial charge on any atom is -0.481 e. The van der Waals surface area contributed by atoms with Gasteiger partial charge in [0.1, 0.15) is 0 Å². The van der Waals surface area contributed by atoms with Crippen LogP contribution in [0.15, 0.2) is 41.1 Å². The van der Waals surface area contributed by atoms with Crippen LogP contribution in [-0.4, -0.2) is 17.0 Å². The summed E-state index contributed by atoms with van der Waals surface area (Å²) in [6.45, 7) is 0. The monoisotopic (exact) mass is 275 g/mol. The molecular formula is C14H13NO3S. The number of carboxylic acids is 1. The van der Waals surface area contributed by atoms with E-state index in [0.717, 1.165) is 11.1 Å². The van der Waals surface area contributed by atoms with E-state index in [0.29, 0.717) is 5.56 Å². The van der Waals surface area contributed by atoms with E-state index in [-0.39, 0.29) is 6.42 Å². The molecule has 98 valence electrons. The molecular weight excluding hydrogens is 262 g/mol. The van der Waals surface area contributed by atoms with Crippen LogP contribution < -0.4 is 5.73 Å². The number of primary amides is 1. The van der Waals surface area contributed by atoms with E-state index in [4.69, 9.17) is 10.8 Å². The number of rotatable bonds is 5. The summed E-state index contributed by atoms with van der Waals surface area (Å²) >= 11 is 1.61. The van der Waals surface area contributed by atoms with Gasteiger partial charge in [-0.15, -0.1) is 0 Å². The smallest absolute Gasteiger partial charge is 0.304 e. The molecule has 1 aromatic heterocycles. The number of hydrogen-bond donors (Lipinski definition) is 2. The first-order chi connectivity index (χ1) is 9.08. The molecule has 0 bridgehead atoms. The molecule has 1 unspecified atom stereocenters. The summed E-state index contributed by atoms with van der Waals surface area (Å²) in [6, 6.07) is 9.25. The van der Waals surface area contributed by atoms with Crippen LogP contribution in [0.4, 0.5) is 0 Å². The van der Waals surface area contributed by atoms with Gasteiger partial charge in [-0.3, -0.25) is 9.59 Å². The molecule has 3 N–H and O–H groups in total. The van der Waals surface area contributed by atoms with Gasteiger partial charge < -0.3 is 10.8 Å². The molecule has 1 heterocycles. The minimum atomic E-state index is -1.04. The van der Waals surface area contributed by atoms with Crippen molar-refractivity contribution < 1.29 is 14.7 Å². The molecule has 19 heavy (non-hydrogen) atoms. The third-order valence-corrected chi connectivity index (χ3v) is 3.57. The molecule has 0 radical (unpaired) electrons. The maximum atomic E-state index is 11.3. The van der Waals surface area contributed by atoms with E-state index in [2.05, 4.69) is 0 Å². The Kier molecular flexibility index (Phi) is 3.97. The molecule has 0 aliphatic heterocycles. The number of benzene rings is 1. The molecule has 4 nitrogen and oxygen atoms in total. The van der Waals surface area contributed by atoms with Crippen LogP contribution in [0, 0.1) is 0 Å². The van der Waals surface area contributed by atoms with Gasteiger partial charge in [0.05, 0.1) is 12.3 Å². The van der Waals surface area contributed by atoms with E-state index in [1.165, 1.54) is 0 Å². The maximum absolute atomic E-state index is 11.3. The summed E-state index contributed by atoms with van der Waals surface area (Å²) in [5, 5.41) is 12.8. The van der Waals surface area contributed by atoms with E-state index < -0.39 is 17.8 Å². The second-order valence-corrected chi connectivity index (χ2v) is 4.97. The zero-order chi connectivity index (χ0) is 13.8. The highest BCUT2D eigenvalue weighted by Gasteiger charge is 2.21. The fraction of sp³-hybridized carbons (Fsp3) is 0.143. The third kappa shape index (κ3) is 3.20. The van der Waals surface area contributed by atoms with Gasteiger partial charge in [0.15, 0.2) is 0 Å². The molecule has 0 fully saturated rings. The Morgan fingerprint density at radius 3 is 2.32 bits per heavy atom. The number of carboxylic acid groups (broad SMARTS) is 1. The third-order valence-electron chi connectivity index (χ3n) is 2.89. The van der Waals surface area contributed by atoms with Crippen LogP contribution in [0.1, 0.15) is 17.9 Å². The van der Waals surface area contributed by atoms with Crippen molar-refractivity contribution in [3.63, 3.8) is 0 Å². The van der Waals surface area contributed by atoms with Crippen LogP contribution in [0.5, 0.6) is 0 Å². The first kappa shape index (κ1) is 13.3. The molecule has 1 amide bonds. The Labute approximate surface area is 114 Å². The molecule has 0 saturated carbocycles. The van der Waals surface area contributed by atoms with Crippen molar-refractivity contribution in [3.8, 4) is 11.1 Å². The molecule has 0 aliphatic rings. The van der Waals surface area contributed by atoms with Crippen LogP contribution >= 0.6 is 11.3 Å². The molecule has 0 spiro atoms. The Hall–Kier alpha value is -2.14. The zero-order valence-corrected chi connectivity index (χ0v) is 10.9. The number of nitrogens with two attached hydrogens (primary N) is 1. The van der Waals surface area contributed by atoms with Gasteiger partial charge in [-0.05, 0) is 33.5 Å². The van der Waals surface area contributed by atoms with Gasteiger partial charge in [-0.2, -0.15) is 11.3 Å². The van der Waals surface area contributed by atoms with Crippen molar-refractivity contribution >= 4 is 23.2 Å². The molecule has 1 aromatic carbocycles. The van der Waals surface area contributed by atoms with Crippen molar-refractivity contribution in [2.45, 2.75) is 12.3 Å². The Morgan fingerprint density at radius 1 is 1.16 bits per heavy atom. The molecule has 5 heteroatoms. The number of thiophene rings is 1. The van der Waals surface area contributed by atoms with Crippen LogP contribution in [0.3, 0.4) is 0 Å². The zero-order valence-electron chi connectivity index (χ0n) is 10.1. The maximum Gasteiger partial charge on any atom is 0.304 e. The van der Waals surface area contributed by atoms with E-state index >= 15 is 0 Å². The average molecular weight is 275 g/mol. The van der Waals surface area contributed by atoms with E-state index in [9.17, 15) is 9.59 Å². The second kappa shape index (κ2) is 5.67. The number of hydrogen-bond acceptors (Lipinski definition) is 3. The fourth-order valence-corrected chi connectivity index (χ4v) is 2.56. The van der Waals surface area contributed by atoms with Crippen LogP contribution in [0.25, 0.3) is 11.1 Å². The first-order valence-electron chi connectivity index (χ1n) is 5.71. The lowest BCUT2D eigenvalue weighted by Crippen LogP contribution is -2.23. The molecule has 2 rings (SSSR count). The Morgan fingerprint density at radius 2 is 1.84 bits per heavy atom. The number of aliphatic carboxylic acids is 1. The standard InChI is InChI=1S/C14H13NO3S/c15-14(18)12(7-13(16)17)10-3-1-9(2-4-10)11-5-6-19-8-11/h1-6,8,12H,7H2,(H2,15,18)(H,16,17). The lowest BCUT2D eigenvalue weighted by Gasteiger charge is -2.11. The quantitative estimate of drug-likeness (QED) is 0.879. The van der Waals surface area contributed by atoms with Crippen molar-refractivity contribution in [1.29, 1.82) is 0 Å². The van der Waals surface area contributed by atoms with Gasteiger partial charge in [0.25, 0.3) is 0 Å². The van der Waals surface area contributed by atoms with Crippen LogP contribution in [0.2, 0.25) is 0 Å². The summed E-state index contributed by atoms with van der Waals surface area (Å²) in [6.07, 6.45) is -0.285. The summed E-state index contributed by atoms with van der Waals surface area (Å²) in [5.41, 5.74) is 8.02. The number of carbonyl (C=O) groups is 2. The normalized spacial score (nSPS) is 12.0. The topological polar surface area (TPSA) is 80.4 Å². The van der Waals surface area contributed by atoms with Crippen molar-refractivity contribution in [3.05, 3.63) is 46.7 Å². The first-order valence-corrected chi connectivity index (χ1v) is 6.66. The number of carbonyl (C=O) groups excluding carboxylic acids is 1. The van der Waals surface area contributed by atoms with Crippen molar-refractivity contribution in [2.75, 3.05) is 0 Å². The number of amides is 1. The minimum absolute atomic E-state index is 0.285. The highest BCUT2D eigenvalue weighted by Crippen LogP contribution is 2.26. The molecule has 1 atom stereocenters. The average Bonchev–Trinajstić information content (AvgIpc) is 2.89. The fourth-order valence-electron chi connectivity index (χ4n) is 1.89. The van der Waals surface area contributed by atoms with Gasteiger partial charge in [-0.1, -0.05) is 24.3 Å². The van der Waals surface area contributed by atoms with Crippen molar-refractivity contribution in [2.24, 2.45) is 5.73 Å². The molecule has 0 aliphatic carbocycles. The van der Waals surface area contributed by atoms with Gasteiger partial charge in [-0.25, -0.2) is 0 Å². The van der Waals surface area contributed by atoms with E-state index in [1.54, 1.807) is 23.5 Å². The van der Waals surface area contributed by atoms with Crippen molar-refractivity contribution in [1.82, 2.24) is 0 Å². The van der Waals surface area contributed by atoms with Crippen LogP contribution in [-0.2, 0) is 9.59 Å².